The molecular formula is C9H10ClNO2. The van der Waals surface area contributed by atoms with Crippen LogP contribution < -0.4 is 5.73 Å². The van der Waals surface area contributed by atoms with E-state index < -0.39 is 5.91 Å². The Morgan fingerprint density at radius 2 is 2.23 bits per heavy atom. The lowest BCUT2D eigenvalue weighted by molar-refractivity contribution is 0.0999. The van der Waals surface area contributed by atoms with Crippen LogP contribution in [0.5, 0.6) is 0 Å². The van der Waals surface area contributed by atoms with Crippen molar-refractivity contribution in [3.05, 3.63) is 34.3 Å². The molecule has 0 aromatic heterocycles. The van der Waals surface area contributed by atoms with E-state index in [2.05, 4.69) is 0 Å². The van der Waals surface area contributed by atoms with E-state index in [1.165, 1.54) is 0 Å². The van der Waals surface area contributed by atoms with Gasteiger partial charge in [0.2, 0.25) is 5.91 Å². The second kappa shape index (κ2) is 4.25. The molecule has 0 bridgehead atoms. The fourth-order valence-electron chi connectivity index (χ4n) is 1.16. The number of benzene rings is 1. The van der Waals surface area contributed by atoms with Gasteiger partial charge in [0.15, 0.2) is 0 Å². The summed E-state index contributed by atoms with van der Waals surface area (Å²) in [5.74, 6) is -0.522. The van der Waals surface area contributed by atoms with E-state index in [4.69, 9.17) is 22.4 Å². The average molecular weight is 200 g/mol. The quantitative estimate of drug-likeness (QED) is 0.762. The summed E-state index contributed by atoms with van der Waals surface area (Å²) in [6.07, 6.45) is 0.345. The molecule has 13 heavy (non-hydrogen) atoms. The lowest BCUT2D eigenvalue weighted by Gasteiger charge is -2.06. The van der Waals surface area contributed by atoms with Gasteiger partial charge in [0.05, 0.1) is 0 Å². The van der Waals surface area contributed by atoms with Gasteiger partial charge in [0.1, 0.15) is 0 Å². The van der Waals surface area contributed by atoms with Gasteiger partial charge in [-0.2, -0.15) is 0 Å². The van der Waals surface area contributed by atoms with E-state index in [1.807, 2.05) is 0 Å². The highest BCUT2D eigenvalue weighted by Crippen LogP contribution is 2.20. The molecule has 0 saturated heterocycles. The van der Waals surface area contributed by atoms with Gasteiger partial charge in [-0.1, -0.05) is 17.7 Å². The summed E-state index contributed by atoms with van der Waals surface area (Å²) in [6, 6.07) is 4.92. The first-order chi connectivity index (χ1) is 6.16. The van der Waals surface area contributed by atoms with E-state index in [0.29, 0.717) is 22.6 Å². The van der Waals surface area contributed by atoms with Crippen LogP contribution in [-0.2, 0) is 6.42 Å². The second-order valence-corrected chi connectivity index (χ2v) is 3.01. The Bertz CT molecular complexity index is 325. The molecule has 70 valence electrons. The second-order valence-electron chi connectivity index (χ2n) is 2.60. The molecule has 0 atom stereocenters. The van der Waals surface area contributed by atoms with Crippen molar-refractivity contribution in [1.82, 2.24) is 0 Å². The minimum atomic E-state index is -0.522. The Morgan fingerprint density at radius 1 is 1.54 bits per heavy atom. The largest absolute Gasteiger partial charge is 0.396 e. The number of carbonyl (C=O) groups excluding carboxylic acids is 1. The lowest BCUT2D eigenvalue weighted by atomic mass is 10.0. The lowest BCUT2D eigenvalue weighted by Crippen LogP contribution is -2.14. The minimum absolute atomic E-state index is 0.0516. The van der Waals surface area contributed by atoms with Gasteiger partial charge >= 0.3 is 0 Å². The fraction of sp³-hybridized carbons (Fsp3) is 0.222. The van der Waals surface area contributed by atoms with E-state index >= 15 is 0 Å². The van der Waals surface area contributed by atoms with Gasteiger partial charge in [-0.25, -0.2) is 0 Å². The third-order valence-corrected chi connectivity index (χ3v) is 2.10. The maximum Gasteiger partial charge on any atom is 0.249 e. The van der Waals surface area contributed by atoms with E-state index in [-0.39, 0.29) is 6.61 Å². The van der Waals surface area contributed by atoms with Gasteiger partial charge in [0.25, 0.3) is 0 Å². The number of aliphatic hydroxyl groups is 1. The van der Waals surface area contributed by atoms with Gasteiger partial charge in [0, 0.05) is 17.2 Å². The normalized spacial score (nSPS) is 10.0. The van der Waals surface area contributed by atoms with Crippen molar-refractivity contribution in [1.29, 1.82) is 0 Å². The first kappa shape index (κ1) is 10.0. The molecule has 0 aliphatic carbocycles. The zero-order valence-electron chi connectivity index (χ0n) is 6.96. The van der Waals surface area contributed by atoms with Crippen molar-refractivity contribution in [2.24, 2.45) is 5.73 Å². The van der Waals surface area contributed by atoms with Crippen molar-refractivity contribution in [3.8, 4) is 0 Å². The standard InChI is InChI=1S/C9H10ClNO2/c10-8-3-1-2-7(9(11)13)6(8)4-5-12/h1-3,12H,4-5H2,(H2,11,13). The molecule has 0 saturated carbocycles. The molecule has 1 aromatic rings. The van der Waals surface area contributed by atoms with Crippen LogP contribution in [0.1, 0.15) is 15.9 Å². The van der Waals surface area contributed by atoms with E-state index in [0.717, 1.165) is 0 Å². The third kappa shape index (κ3) is 2.20. The number of rotatable bonds is 3. The highest BCUT2D eigenvalue weighted by Gasteiger charge is 2.10. The predicted molar refractivity (Wildman–Crippen MR) is 50.8 cm³/mol. The number of aliphatic hydroxyl groups excluding tert-OH is 1. The maximum absolute atomic E-state index is 10.9. The van der Waals surface area contributed by atoms with E-state index in [1.54, 1.807) is 18.2 Å². The Kier molecular flexibility index (Phi) is 3.28. The molecule has 1 amide bonds. The first-order valence-electron chi connectivity index (χ1n) is 3.85. The first-order valence-corrected chi connectivity index (χ1v) is 4.22. The fourth-order valence-corrected chi connectivity index (χ4v) is 1.42. The van der Waals surface area contributed by atoms with Crippen LogP contribution in [0.15, 0.2) is 18.2 Å². The smallest absolute Gasteiger partial charge is 0.249 e. The van der Waals surface area contributed by atoms with Crippen LogP contribution in [0.4, 0.5) is 0 Å². The number of carbonyl (C=O) groups is 1. The molecule has 0 spiro atoms. The van der Waals surface area contributed by atoms with Gasteiger partial charge in [-0.05, 0) is 24.1 Å². The Labute approximate surface area is 81.1 Å². The Hall–Kier alpha value is -1.06. The van der Waals surface area contributed by atoms with Crippen LogP contribution in [0.25, 0.3) is 0 Å². The van der Waals surface area contributed by atoms with E-state index in [9.17, 15) is 4.79 Å². The van der Waals surface area contributed by atoms with Crippen molar-refractivity contribution < 1.29 is 9.90 Å². The SMILES string of the molecule is NC(=O)c1cccc(Cl)c1CCO. The number of amides is 1. The molecule has 0 radical (unpaired) electrons. The van der Waals surface area contributed by atoms with Crippen molar-refractivity contribution in [3.63, 3.8) is 0 Å². The van der Waals surface area contributed by atoms with Crippen molar-refractivity contribution in [2.45, 2.75) is 6.42 Å². The summed E-state index contributed by atoms with van der Waals surface area (Å²) in [5, 5.41) is 9.20. The number of primary amides is 1. The molecular weight excluding hydrogens is 190 g/mol. The van der Waals surface area contributed by atoms with Gasteiger partial charge in [-0.15, -0.1) is 0 Å². The Balaban J connectivity index is 3.17. The van der Waals surface area contributed by atoms with Crippen LogP contribution in [0.2, 0.25) is 5.02 Å². The minimum Gasteiger partial charge on any atom is -0.396 e. The molecule has 0 heterocycles. The maximum atomic E-state index is 10.9. The monoisotopic (exact) mass is 199 g/mol. The summed E-state index contributed by atoms with van der Waals surface area (Å²) in [6.45, 7) is -0.0516. The summed E-state index contributed by atoms with van der Waals surface area (Å²) in [4.78, 5) is 10.9. The number of hydrogen-bond donors (Lipinski definition) is 2. The zero-order chi connectivity index (χ0) is 9.84. The van der Waals surface area contributed by atoms with Crippen LogP contribution in [0.3, 0.4) is 0 Å². The van der Waals surface area contributed by atoms with Gasteiger partial charge in [-0.3, -0.25) is 4.79 Å². The third-order valence-electron chi connectivity index (χ3n) is 1.75. The van der Waals surface area contributed by atoms with Crippen LogP contribution >= 0.6 is 11.6 Å². The molecule has 0 unspecified atom stereocenters. The highest BCUT2D eigenvalue weighted by molar-refractivity contribution is 6.31. The molecule has 0 fully saturated rings. The summed E-state index contributed by atoms with van der Waals surface area (Å²) < 4.78 is 0. The van der Waals surface area contributed by atoms with Gasteiger partial charge < -0.3 is 10.8 Å². The molecule has 3 N–H and O–H groups in total. The average Bonchev–Trinajstić information content (AvgIpc) is 2.08. The predicted octanol–water partition coefficient (Wildman–Crippen LogP) is 0.974. The summed E-state index contributed by atoms with van der Waals surface area (Å²) in [7, 11) is 0. The summed E-state index contributed by atoms with van der Waals surface area (Å²) >= 11 is 5.83. The van der Waals surface area contributed by atoms with Crippen LogP contribution in [-0.4, -0.2) is 17.6 Å². The topological polar surface area (TPSA) is 63.3 Å². The zero-order valence-corrected chi connectivity index (χ0v) is 7.71. The number of hydrogen-bond acceptors (Lipinski definition) is 2. The van der Waals surface area contributed by atoms with Crippen molar-refractivity contribution in [2.75, 3.05) is 6.61 Å². The molecule has 0 aliphatic heterocycles. The highest BCUT2D eigenvalue weighted by atomic mass is 35.5. The van der Waals surface area contributed by atoms with Crippen molar-refractivity contribution >= 4 is 17.5 Å². The molecule has 0 aliphatic rings. The Morgan fingerprint density at radius 3 is 2.77 bits per heavy atom. The number of halogens is 1. The molecule has 4 heteroatoms. The molecule has 1 aromatic carbocycles. The molecule has 3 nitrogen and oxygen atoms in total. The number of nitrogens with two attached hydrogens (primary N) is 1. The molecule has 1 rings (SSSR count). The van der Waals surface area contributed by atoms with Crippen LogP contribution in [0, 0.1) is 0 Å². The summed E-state index contributed by atoms with van der Waals surface area (Å²) in [5.41, 5.74) is 6.12.